The van der Waals surface area contributed by atoms with Gasteiger partial charge in [0.05, 0.1) is 113 Å². The summed E-state index contributed by atoms with van der Waals surface area (Å²) in [5.74, 6) is 2.58. The van der Waals surface area contributed by atoms with Gasteiger partial charge in [0.25, 0.3) is 5.91 Å². The van der Waals surface area contributed by atoms with Gasteiger partial charge in [0, 0.05) is 121 Å². The lowest BCUT2D eigenvalue weighted by Crippen LogP contribution is -2.32. The van der Waals surface area contributed by atoms with Crippen molar-refractivity contribution in [2.45, 2.75) is 109 Å². The Morgan fingerprint density at radius 2 is 0.955 bits per heavy atom. The van der Waals surface area contributed by atoms with Crippen molar-refractivity contribution in [3.63, 3.8) is 0 Å². The number of ether oxygens (including phenoxy) is 4. The second-order valence-electron chi connectivity index (χ2n) is 28.3. The highest BCUT2D eigenvalue weighted by Gasteiger charge is 2.23. The number of methoxy groups -OCH3 is 2. The van der Waals surface area contributed by atoms with Crippen LogP contribution in [0.3, 0.4) is 0 Å². The lowest BCUT2D eigenvalue weighted by Gasteiger charge is -2.06. The van der Waals surface area contributed by atoms with E-state index >= 15 is 0 Å². The van der Waals surface area contributed by atoms with Crippen molar-refractivity contribution >= 4 is 87.9 Å². The molecule has 1 amide bonds. The van der Waals surface area contributed by atoms with E-state index < -0.39 is 0 Å². The molecule has 19 nitrogen and oxygen atoms in total. The summed E-state index contributed by atoms with van der Waals surface area (Å²) < 4.78 is 36.7. The van der Waals surface area contributed by atoms with Crippen LogP contribution in [0.15, 0.2) is 153 Å². The van der Waals surface area contributed by atoms with Gasteiger partial charge < -0.3 is 69.2 Å². The number of aromatic nitrogens is 8. The quantitative estimate of drug-likeness (QED) is 0.0612. The Bertz CT molecular complexity index is 6490. The van der Waals surface area contributed by atoms with Crippen LogP contribution in [0.25, 0.3) is 70.4 Å². The average molecular weight is 1490 g/mol. The minimum Gasteiger partial charge on any atom is -0.494 e. The monoisotopic (exact) mass is 1490 g/mol. The van der Waals surface area contributed by atoms with Crippen molar-refractivity contribution in [2.75, 3.05) is 27.4 Å². The third-order valence-electron chi connectivity index (χ3n) is 18.8. The van der Waals surface area contributed by atoms with Crippen molar-refractivity contribution in [3.8, 4) is 23.0 Å². The first-order chi connectivity index (χ1) is 52.8. The molecule has 16 rings (SSSR count). The molecule has 562 valence electrons. The van der Waals surface area contributed by atoms with Gasteiger partial charge in [-0.2, -0.15) is 0 Å². The Hall–Kier alpha value is -12.4. The van der Waals surface area contributed by atoms with Crippen LogP contribution in [-0.4, -0.2) is 90.5 Å². The van der Waals surface area contributed by atoms with Crippen molar-refractivity contribution in [1.29, 1.82) is 0 Å². The maximum absolute atomic E-state index is 13.5. The van der Waals surface area contributed by atoms with Crippen LogP contribution in [0.1, 0.15) is 109 Å². The van der Waals surface area contributed by atoms with Crippen LogP contribution in [0.2, 0.25) is 5.02 Å². The van der Waals surface area contributed by atoms with E-state index in [1.54, 1.807) is 20.3 Å². The Labute approximate surface area is 639 Å². The molecule has 12 aromatic rings. The van der Waals surface area contributed by atoms with Gasteiger partial charge in [-0.15, -0.1) is 0 Å². The third-order valence-corrected chi connectivity index (χ3v) is 19.0. The van der Waals surface area contributed by atoms with Crippen LogP contribution >= 0.6 is 11.6 Å². The maximum Gasteiger partial charge on any atom is 0.254 e. The zero-order valence-electron chi connectivity index (χ0n) is 64.5. The van der Waals surface area contributed by atoms with Crippen molar-refractivity contribution in [3.05, 3.63) is 297 Å². The minimum atomic E-state index is -0.283. The highest BCUT2D eigenvalue weighted by Crippen LogP contribution is 2.20. The second kappa shape index (κ2) is 32.6. The smallest absolute Gasteiger partial charge is 0.254 e. The van der Waals surface area contributed by atoms with E-state index in [0.717, 1.165) is 165 Å². The largest absolute Gasteiger partial charge is 0.494 e. The number of rotatable bonds is 14. The lowest BCUT2D eigenvalue weighted by molar-refractivity contribution is -0.115. The molecule has 0 spiro atoms. The zero-order chi connectivity index (χ0) is 77.8. The van der Waals surface area contributed by atoms with Crippen molar-refractivity contribution in [1.82, 2.24) is 45.2 Å². The summed E-state index contributed by atoms with van der Waals surface area (Å²) in [5, 5.41) is 26.8. The molecular weight excluding hydrogens is 1400 g/mol. The van der Waals surface area contributed by atoms with E-state index in [-0.39, 0.29) is 30.5 Å². The van der Waals surface area contributed by atoms with E-state index in [1.165, 1.54) is 28.8 Å². The number of amides is 1. The molecule has 4 aliphatic rings. The summed E-state index contributed by atoms with van der Waals surface area (Å²) >= 11 is 6.09. The molecule has 0 radical (unpaired) electrons. The zero-order valence-corrected chi connectivity index (χ0v) is 65.2. The molecule has 0 aliphatic carbocycles. The topological polar surface area (TPSA) is 262 Å². The molecule has 110 heavy (non-hydrogen) atoms. The number of nitrogens with one attached hydrogen (secondary N) is 9. The number of hydrogen-bond acceptors (Lipinski definition) is 10. The first kappa shape index (κ1) is 75.8. The molecule has 0 saturated heterocycles. The molecule has 21 heteroatoms. The number of aliphatic hydroxyl groups excluding tert-OH is 1. The van der Waals surface area contributed by atoms with Crippen molar-refractivity contribution in [2.24, 2.45) is 20.0 Å². The number of aryl methyl sites for hydroxylation is 8. The molecule has 12 heterocycles. The number of halogens is 2. The predicted molar refractivity (Wildman–Crippen MR) is 434 cm³/mol. The van der Waals surface area contributed by atoms with Gasteiger partial charge in [0.15, 0.2) is 0 Å². The number of benzene rings is 4. The van der Waals surface area contributed by atoms with E-state index in [9.17, 15) is 9.18 Å². The van der Waals surface area contributed by atoms with Crippen LogP contribution in [0.5, 0.6) is 23.0 Å². The SMILES string of the molecule is COc1cc(=C2C=c3ccccc3=N2)[nH]/c1=C(\C)c1[nH]c(C)cc1C.COc1cc(=C2N=c3ccccc3=C2C(=O)NCCCO)[nH]/c1=C\c1[nH]c(C)cc1C.Cc1cc(C)c(/C=c2\[nH]c(=C3C=c4ccc(Cl)cc4=N3)cc2OC(C)C)[nH]1.Cc1cc(C)c(/C=c2\[nH]c(=C3C=c4ccc(F)cc4=N3)cc2OC(C)C)[nH]1. The number of hydrogen-bond donors (Lipinski definition) is 10. The number of carbonyl (C=O) groups is 1. The first-order valence-corrected chi connectivity index (χ1v) is 37.0. The van der Waals surface area contributed by atoms with Gasteiger partial charge in [-0.3, -0.25) is 4.79 Å². The normalized spacial score (nSPS) is 15.6. The van der Waals surface area contributed by atoms with Crippen LogP contribution in [0.4, 0.5) is 4.39 Å². The summed E-state index contributed by atoms with van der Waals surface area (Å²) in [4.78, 5) is 59.0. The number of para-hydroxylation sites is 2. The summed E-state index contributed by atoms with van der Waals surface area (Å²) in [7, 11) is 3.32. The highest BCUT2D eigenvalue weighted by molar-refractivity contribution is 6.30. The number of aromatic amines is 8. The predicted octanol–water partition coefficient (Wildman–Crippen LogP) is 5.69. The Balaban J connectivity index is 0.000000129. The Morgan fingerprint density at radius 1 is 0.500 bits per heavy atom. The van der Waals surface area contributed by atoms with Crippen LogP contribution in [-0.2, 0) is 4.79 Å². The molecule has 0 atom stereocenters. The minimum absolute atomic E-state index is 0.0256. The van der Waals surface area contributed by atoms with E-state index in [2.05, 4.69) is 140 Å². The summed E-state index contributed by atoms with van der Waals surface area (Å²) in [5.41, 5.74) is 18.2. The molecule has 0 saturated carbocycles. The fraction of sp³-hybridized carbons (Fsp3) is 0.225. The molecular formula is C89H91ClFN13O6. The Morgan fingerprint density at radius 3 is 1.46 bits per heavy atom. The van der Waals surface area contributed by atoms with E-state index in [4.69, 9.17) is 50.6 Å². The molecule has 4 aliphatic heterocycles. The fourth-order valence-electron chi connectivity index (χ4n) is 13.7. The fourth-order valence-corrected chi connectivity index (χ4v) is 13.9. The van der Waals surface area contributed by atoms with Gasteiger partial charge >= 0.3 is 0 Å². The van der Waals surface area contributed by atoms with Crippen molar-refractivity contribution < 1.29 is 33.2 Å². The maximum atomic E-state index is 13.5. The average Bonchev–Trinajstić information content (AvgIpc) is 1.62. The molecule has 0 unspecified atom stereocenters. The summed E-state index contributed by atoms with van der Waals surface area (Å²) in [6.45, 7) is 27.1. The lowest BCUT2D eigenvalue weighted by atomic mass is 10.1. The van der Waals surface area contributed by atoms with Crippen LogP contribution < -0.4 is 109 Å². The summed E-state index contributed by atoms with van der Waals surface area (Å²) in [6, 6.07) is 42.4. The van der Waals surface area contributed by atoms with E-state index in [0.29, 0.717) is 45.7 Å². The highest BCUT2D eigenvalue weighted by atomic mass is 35.5. The van der Waals surface area contributed by atoms with Gasteiger partial charge in [-0.25, -0.2) is 24.4 Å². The van der Waals surface area contributed by atoms with E-state index in [1.807, 2.05) is 152 Å². The number of fused-ring (bicyclic) bond motifs is 4. The summed E-state index contributed by atoms with van der Waals surface area (Å²) in [6.07, 6.45) is 12.9. The van der Waals surface area contributed by atoms with Gasteiger partial charge in [0.2, 0.25) is 0 Å². The molecule has 10 N–H and O–H groups in total. The second-order valence-corrected chi connectivity index (χ2v) is 28.8. The number of aliphatic hydroxyl groups is 1. The number of H-pyrrole nitrogens is 8. The Kier molecular flexibility index (Phi) is 22.5. The molecule has 0 bridgehead atoms. The standard InChI is InChI=1S/C24H26N4O3.C22H22ClN3O.C22H22FN3O.C21H21N3O/c1-14-11-15(2)26-18(14)12-19-21(31-3)13-20(27-19)23-22(24(30)25-9-6-10-29)16-7-4-5-8-17(16)28-23;2*1-12(2)27-22-11-20(19-8-15-5-6-16(23)9-18(15)25-19)26-21(22)10-17-13(3)7-14(4)24-17;1-12-9-13(2)22-20(12)14(3)21-19(25-4)11-18(24-21)17-10-15-7-5-6-8-16(15)23-17/h4-5,7-8,11-13,26-27,29H,6,9-10H2,1-3H3,(H,25,30);2*5-12,24,26H,1-4H3;5-11,22,24H,1-4H3/b19-12-,23-20?;2*20-19?,21-10-;18-17?,21-14+. The van der Waals surface area contributed by atoms with Gasteiger partial charge in [0.1, 0.15) is 34.5 Å². The van der Waals surface area contributed by atoms with Crippen LogP contribution in [0, 0.1) is 61.2 Å². The third kappa shape index (κ3) is 17.0. The molecule has 4 aromatic carbocycles. The molecule has 8 aromatic heterocycles. The number of carbonyl (C=O) groups excluding carboxylic acids is 1. The van der Waals surface area contributed by atoms with Gasteiger partial charge in [-0.05, 0) is 216 Å². The van der Waals surface area contributed by atoms with Gasteiger partial charge in [-0.1, -0.05) is 54.1 Å². The first-order valence-electron chi connectivity index (χ1n) is 36.7. The number of nitrogens with zero attached hydrogens (tertiary/aromatic N) is 4. The molecule has 0 fully saturated rings.